The number of benzene rings is 2. The van der Waals surface area contributed by atoms with Crippen molar-refractivity contribution in [1.82, 2.24) is 34.7 Å². The molecule has 0 radical (unpaired) electrons. The quantitative estimate of drug-likeness (QED) is 0.393. The molecule has 0 unspecified atom stereocenters. The number of nitrogens with zero attached hydrogens (tertiary/aromatic N) is 7. The molecule has 9 heteroatoms. The van der Waals surface area contributed by atoms with E-state index in [1.165, 1.54) is 22.0 Å². The highest BCUT2D eigenvalue weighted by Crippen LogP contribution is 2.26. The van der Waals surface area contributed by atoms with Crippen molar-refractivity contribution in [2.45, 2.75) is 37.0 Å². The molecule has 8 nitrogen and oxygen atoms in total. The van der Waals surface area contributed by atoms with Gasteiger partial charge in [0.1, 0.15) is 5.52 Å². The van der Waals surface area contributed by atoms with Crippen LogP contribution in [0.4, 0.5) is 0 Å². The number of hydrogen-bond donors (Lipinski definition) is 0. The zero-order chi connectivity index (χ0) is 21.8. The summed E-state index contributed by atoms with van der Waals surface area (Å²) in [6.45, 7) is 2.80. The van der Waals surface area contributed by atoms with E-state index < -0.39 is 0 Å². The fraction of sp³-hybridized carbons (Fsp3) is 0.318. The second-order valence-corrected chi connectivity index (χ2v) is 8.40. The van der Waals surface area contributed by atoms with E-state index in [1.807, 2.05) is 44.4 Å². The van der Waals surface area contributed by atoms with Gasteiger partial charge in [0.15, 0.2) is 11.0 Å². The van der Waals surface area contributed by atoms with E-state index in [4.69, 9.17) is 0 Å². The Bertz CT molecular complexity index is 1220. The Morgan fingerprint density at radius 2 is 1.74 bits per heavy atom. The average Bonchev–Trinajstić information content (AvgIpc) is 3.16. The van der Waals surface area contributed by atoms with E-state index in [9.17, 15) is 4.79 Å². The van der Waals surface area contributed by atoms with E-state index >= 15 is 0 Å². The molecule has 2 heterocycles. The zero-order valence-electron chi connectivity index (χ0n) is 17.8. The fourth-order valence-electron chi connectivity index (χ4n) is 3.57. The molecule has 2 aromatic carbocycles. The zero-order valence-corrected chi connectivity index (χ0v) is 18.7. The minimum Gasteiger partial charge on any atom is -0.300 e. The lowest BCUT2D eigenvalue weighted by molar-refractivity contribution is 0.272. The van der Waals surface area contributed by atoms with Crippen LogP contribution in [0.3, 0.4) is 0 Å². The lowest BCUT2D eigenvalue weighted by atomic mass is 10.2. The highest BCUT2D eigenvalue weighted by atomic mass is 32.2. The summed E-state index contributed by atoms with van der Waals surface area (Å²) < 4.78 is 3.51. The summed E-state index contributed by atoms with van der Waals surface area (Å²) in [4.78, 5) is 14.9. The van der Waals surface area contributed by atoms with Crippen molar-refractivity contribution in [3.63, 3.8) is 0 Å². The van der Waals surface area contributed by atoms with Gasteiger partial charge in [-0.15, -0.1) is 15.3 Å². The first-order valence-corrected chi connectivity index (χ1v) is 11.2. The van der Waals surface area contributed by atoms with Gasteiger partial charge in [0.25, 0.3) is 5.56 Å². The van der Waals surface area contributed by atoms with Crippen molar-refractivity contribution in [3.8, 4) is 0 Å². The smallest absolute Gasteiger partial charge is 0.278 e. The summed E-state index contributed by atoms with van der Waals surface area (Å²) in [6, 6.07) is 17.6. The maximum atomic E-state index is 12.8. The van der Waals surface area contributed by atoms with Crippen molar-refractivity contribution in [3.05, 3.63) is 76.3 Å². The van der Waals surface area contributed by atoms with Crippen molar-refractivity contribution >= 4 is 22.7 Å². The topological polar surface area (TPSA) is 81.7 Å². The molecule has 0 saturated carbocycles. The first-order chi connectivity index (χ1) is 15.1. The Morgan fingerprint density at radius 1 is 1.00 bits per heavy atom. The summed E-state index contributed by atoms with van der Waals surface area (Å²) in [5, 5.41) is 18.5. The summed E-state index contributed by atoms with van der Waals surface area (Å²) in [6.07, 6.45) is 0.917. The van der Waals surface area contributed by atoms with Crippen LogP contribution in [-0.4, -0.2) is 48.8 Å². The van der Waals surface area contributed by atoms with E-state index in [2.05, 4.69) is 49.0 Å². The van der Waals surface area contributed by atoms with E-state index in [0.717, 1.165) is 17.4 Å². The molecular weight excluding hydrogens is 410 g/mol. The van der Waals surface area contributed by atoms with Gasteiger partial charge in [0, 0.05) is 0 Å². The van der Waals surface area contributed by atoms with Crippen LogP contribution in [0.1, 0.15) is 30.8 Å². The lowest BCUT2D eigenvalue weighted by Gasteiger charge is -2.23. The second kappa shape index (κ2) is 9.40. The molecule has 2 aromatic heterocycles. The Kier molecular flexibility index (Phi) is 6.43. The molecule has 0 aliphatic rings. The number of aromatic nitrogens is 6. The summed E-state index contributed by atoms with van der Waals surface area (Å²) in [5.41, 5.74) is 1.61. The molecule has 160 valence electrons. The minimum atomic E-state index is -0.160. The largest absolute Gasteiger partial charge is 0.300 e. The van der Waals surface area contributed by atoms with Crippen LogP contribution in [0.15, 0.2) is 64.5 Å². The molecule has 0 N–H and O–H groups in total. The number of fused-ring (bicyclic) bond motifs is 1. The van der Waals surface area contributed by atoms with Gasteiger partial charge in [-0.05, 0) is 38.2 Å². The Labute approximate surface area is 184 Å². The molecule has 0 fully saturated rings. The molecule has 4 aromatic rings. The van der Waals surface area contributed by atoms with Gasteiger partial charge >= 0.3 is 0 Å². The van der Waals surface area contributed by atoms with Crippen LogP contribution in [0.5, 0.6) is 0 Å². The number of thioether (sulfide) groups is 1. The Morgan fingerprint density at radius 3 is 2.48 bits per heavy atom. The summed E-state index contributed by atoms with van der Waals surface area (Å²) in [5.74, 6) is 1.22. The number of hydrogen-bond acceptors (Lipinski definition) is 7. The molecular formula is C22H25N7OS. The standard InChI is InChI=1S/C22H25N7OS/c1-4-19(27(2)3)20-24-25-22(28(20)14-16-10-6-5-7-11-16)31-15-29-21(30)17-12-8-9-13-18(17)23-26-29/h5-13,19H,4,14-15H2,1-3H3/t19-/m1/s1. The molecule has 0 aliphatic heterocycles. The van der Waals surface area contributed by atoms with Crippen molar-refractivity contribution in [1.29, 1.82) is 0 Å². The van der Waals surface area contributed by atoms with E-state index in [1.54, 1.807) is 12.1 Å². The number of rotatable bonds is 8. The molecule has 0 spiro atoms. The molecule has 4 rings (SSSR count). The van der Waals surface area contributed by atoms with E-state index in [0.29, 0.717) is 23.3 Å². The van der Waals surface area contributed by atoms with Crippen LogP contribution in [0.25, 0.3) is 10.9 Å². The lowest BCUT2D eigenvalue weighted by Crippen LogP contribution is -2.24. The second-order valence-electron chi connectivity index (χ2n) is 7.48. The van der Waals surface area contributed by atoms with Crippen LogP contribution < -0.4 is 5.56 Å². The predicted molar refractivity (Wildman–Crippen MR) is 122 cm³/mol. The Hall–Kier alpha value is -3.04. The predicted octanol–water partition coefficient (Wildman–Crippen LogP) is 3.19. The first-order valence-electron chi connectivity index (χ1n) is 10.2. The van der Waals surface area contributed by atoms with Crippen LogP contribution in [-0.2, 0) is 12.4 Å². The molecule has 31 heavy (non-hydrogen) atoms. The van der Waals surface area contributed by atoms with Gasteiger partial charge in [-0.25, -0.2) is 0 Å². The normalized spacial score (nSPS) is 12.5. The van der Waals surface area contributed by atoms with Crippen LogP contribution >= 0.6 is 11.8 Å². The third-order valence-electron chi connectivity index (χ3n) is 5.18. The maximum absolute atomic E-state index is 12.8. The van der Waals surface area contributed by atoms with Gasteiger partial charge < -0.3 is 4.57 Å². The van der Waals surface area contributed by atoms with Crippen molar-refractivity contribution in [2.24, 2.45) is 0 Å². The van der Waals surface area contributed by atoms with Crippen molar-refractivity contribution in [2.75, 3.05) is 14.1 Å². The monoisotopic (exact) mass is 435 g/mol. The molecule has 0 amide bonds. The molecule has 0 bridgehead atoms. The highest BCUT2D eigenvalue weighted by molar-refractivity contribution is 7.98. The van der Waals surface area contributed by atoms with Crippen LogP contribution in [0.2, 0.25) is 0 Å². The minimum absolute atomic E-state index is 0.147. The van der Waals surface area contributed by atoms with Crippen LogP contribution in [0, 0.1) is 0 Å². The third kappa shape index (κ3) is 4.52. The van der Waals surface area contributed by atoms with Gasteiger partial charge in [-0.3, -0.25) is 9.69 Å². The van der Waals surface area contributed by atoms with Crippen molar-refractivity contribution < 1.29 is 0 Å². The highest BCUT2D eigenvalue weighted by Gasteiger charge is 2.22. The molecule has 1 atom stereocenters. The Balaban J connectivity index is 1.65. The molecule has 0 aliphatic carbocycles. The maximum Gasteiger partial charge on any atom is 0.278 e. The summed E-state index contributed by atoms with van der Waals surface area (Å²) in [7, 11) is 4.10. The fourth-order valence-corrected chi connectivity index (χ4v) is 4.39. The van der Waals surface area contributed by atoms with E-state index in [-0.39, 0.29) is 11.6 Å². The average molecular weight is 436 g/mol. The first kappa shape index (κ1) is 21.2. The SMILES string of the molecule is CC[C@H](c1nnc(SCn2nnc3ccccc3c2=O)n1Cc1ccccc1)N(C)C. The van der Waals surface area contributed by atoms with Gasteiger partial charge in [0.2, 0.25) is 0 Å². The van der Waals surface area contributed by atoms with Gasteiger partial charge in [0.05, 0.1) is 23.8 Å². The summed E-state index contributed by atoms with van der Waals surface area (Å²) >= 11 is 1.43. The molecule has 0 saturated heterocycles. The van der Waals surface area contributed by atoms with Gasteiger partial charge in [-0.2, -0.15) is 4.68 Å². The van der Waals surface area contributed by atoms with Gasteiger partial charge in [-0.1, -0.05) is 66.4 Å². The third-order valence-corrected chi connectivity index (χ3v) is 6.12.